The number of nitrogens with one attached hydrogen (secondary N) is 2. The van der Waals surface area contributed by atoms with Crippen LogP contribution in [0.4, 0.5) is 17.6 Å². The van der Waals surface area contributed by atoms with Gasteiger partial charge in [-0.3, -0.25) is 0 Å². The van der Waals surface area contributed by atoms with E-state index in [0.29, 0.717) is 18.4 Å². The average molecular weight is 397 g/mol. The third kappa shape index (κ3) is 4.28. The first-order valence-electron chi connectivity index (χ1n) is 6.30. The Balaban J connectivity index is 2.27. The van der Waals surface area contributed by atoms with E-state index in [9.17, 15) is 0 Å². The standard InChI is InChI=1S/C14H16IN5O/c1-4-7-16-12-18-13(20-14(19-12)21-3)17-11-6-5-10(15)8-9(11)2/h4-6,8H,1,7H2,2-3H3,(H2,16,17,18,19,20). The number of aryl methyl sites for hydroxylation is 1. The first-order chi connectivity index (χ1) is 10.1. The molecular weight excluding hydrogens is 381 g/mol. The molecule has 1 aromatic carbocycles. The number of hydrogen-bond donors (Lipinski definition) is 2. The molecule has 7 heteroatoms. The summed E-state index contributed by atoms with van der Waals surface area (Å²) in [5.74, 6) is 0.866. The Bertz CT molecular complexity index is 647. The highest BCUT2D eigenvalue weighted by atomic mass is 127. The molecule has 1 aromatic heterocycles. The molecule has 0 amide bonds. The fourth-order valence-electron chi connectivity index (χ4n) is 1.63. The van der Waals surface area contributed by atoms with Crippen LogP contribution < -0.4 is 15.4 Å². The summed E-state index contributed by atoms with van der Waals surface area (Å²) in [6.07, 6.45) is 1.73. The van der Waals surface area contributed by atoms with Crippen LogP contribution in [0.3, 0.4) is 0 Å². The molecule has 2 N–H and O–H groups in total. The van der Waals surface area contributed by atoms with E-state index in [1.807, 2.05) is 19.1 Å². The Morgan fingerprint density at radius 1 is 1.29 bits per heavy atom. The Morgan fingerprint density at radius 2 is 2.05 bits per heavy atom. The average Bonchev–Trinajstić information content (AvgIpc) is 2.48. The van der Waals surface area contributed by atoms with Gasteiger partial charge in [0.05, 0.1) is 7.11 Å². The van der Waals surface area contributed by atoms with Gasteiger partial charge in [0.1, 0.15) is 0 Å². The van der Waals surface area contributed by atoms with Crippen molar-refractivity contribution in [3.8, 4) is 6.01 Å². The second kappa shape index (κ2) is 7.21. The monoisotopic (exact) mass is 397 g/mol. The van der Waals surface area contributed by atoms with Crippen LogP contribution in [0, 0.1) is 10.5 Å². The van der Waals surface area contributed by atoms with E-state index in [4.69, 9.17) is 4.74 Å². The Hall–Kier alpha value is -1.90. The zero-order valence-electron chi connectivity index (χ0n) is 11.9. The number of ether oxygens (including phenoxy) is 1. The maximum absolute atomic E-state index is 5.09. The fourth-order valence-corrected chi connectivity index (χ4v) is 2.28. The van der Waals surface area contributed by atoms with Crippen molar-refractivity contribution < 1.29 is 4.74 Å². The molecule has 6 nitrogen and oxygen atoms in total. The molecule has 0 saturated carbocycles. The normalized spacial score (nSPS) is 10.0. The number of benzene rings is 1. The Labute approximate surface area is 137 Å². The van der Waals surface area contributed by atoms with Gasteiger partial charge in [-0.2, -0.15) is 15.0 Å². The zero-order chi connectivity index (χ0) is 15.2. The first-order valence-corrected chi connectivity index (χ1v) is 7.38. The van der Waals surface area contributed by atoms with Crippen molar-refractivity contribution in [2.45, 2.75) is 6.92 Å². The van der Waals surface area contributed by atoms with Crippen molar-refractivity contribution in [3.63, 3.8) is 0 Å². The van der Waals surface area contributed by atoms with E-state index in [1.165, 1.54) is 10.7 Å². The second-order valence-electron chi connectivity index (χ2n) is 4.22. The largest absolute Gasteiger partial charge is 0.467 e. The molecule has 0 aliphatic heterocycles. The summed E-state index contributed by atoms with van der Waals surface area (Å²) in [7, 11) is 1.52. The smallest absolute Gasteiger partial charge is 0.322 e. The van der Waals surface area contributed by atoms with Crippen molar-refractivity contribution >= 4 is 40.2 Å². The molecule has 110 valence electrons. The van der Waals surface area contributed by atoms with Gasteiger partial charge in [-0.25, -0.2) is 0 Å². The minimum Gasteiger partial charge on any atom is -0.467 e. The van der Waals surface area contributed by atoms with Gasteiger partial charge in [0, 0.05) is 15.8 Å². The highest BCUT2D eigenvalue weighted by Crippen LogP contribution is 2.21. The molecule has 0 unspecified atom stereocenters. The molecule has 2 rings (SSSR count). The predicted octanol–water partition coefficient (Wildman–Crippen LogP) is 3.13. The van der Waals surface area contributed by atoms with Crippen molar-refractivity contribution in [2.75, 3.05) is 24.3 Å². The van der Waals surface area contributed by atoms with Crippen molar-refractivity contribution in [2.24, 2.45) is 0 Å². The fraction of sp³-hybridized carbons (Fsp3) is 0.214. The maximum Gasteiger partial charge on any atom is 0.322 e. The van der Waals surface area contributed by atoms with Crippen molar-refractivity contribution in [3.05, 3.63) is 40.0 Å². The quantitative estimate of drug-likeness (QED) is 0.577. The number of nitrogens with zero attached hydrogens (tertiary/aromatic N) is 3. The van der Waals surface area contributed by atoms with Crippen LogP contribution in [-0.2, 0) is 0 Å². The maximum atomic E-state index is 5.09. The molecule has 0 atom stereocenters. The van der Waals surface area contributed by atoms with E-state index in [-0.39, 0.29) is 6.01 Å². The van der Waals surface area contributed by atoms with Crippen LogP contribution in [0.25, 0.3) is 0 Å². The van der Waals surface area contributed by atoms with Gasteiger partial charge in [-0.05, 0) is 53.3 Å². The molecule has 0 saturated heterocycles. The van der Waals surface area contributed by atoms with E-state index in [0.717, 1.165) is 11.3 Å². The van der Waals surface area contributed by atoms with Crippen LogP contribution in [0.2, 0.25) is 0 Å². The molecular formula is C14H16IN5O. The summed E-state index contributed by atoms with van der Waals surface area (Å²) >= 11 is 2.28. The molecule has 0 spiro atoms. The summed E-state index contributed by atoms with van der Waals surface area (Å²) in [4.78, 5) is 12.6. The SMILES string of the molecule is C=CCNc1nc(Nc2ccc(I)cc2C)nc(OC)n1. The highest BCUT2D eigenvalue weighted by Gasteiger charge is 2.08. The summed E-state index contributed by atoms with van der Waals surface area (Å²) in [5.41, 5.74) is 2.06. The highest BCUT2D eigenvalue weighted by molar-refractivity contribution is 14.1. The van der Waals surface area contributed by atoms with E-state index >= 15 is 0 Å². The van der Waals surface area contributed by atoms with E-state index in [2.05, 4.69) is 60.8 Å². The Kier molecular flexibility index (Phi) is 5.32. The lowest BCUT2D eigenvalue weighted by atomic mass is 10.2. The lowest BCUT2D eigenvalue weighted by Gasteiger charge is -2.10. The summed E-state index contributed by atoms with van der Waals surface area (Å²) in [6, 6.07) is 6.34. The molecule has 0 fully saturated rings. The van der Waals surface area contributed by atoms with Crippen molar-refractivity contribution in [1.82, 2.24) is 15.0 Å². The molecule has 21 heavy (non-hydrogen) atoms. The minimum atomic E-state index is 0.252. The molecule has 0 bridgehead atoms. The van der Waals surface area contributed by atoms with Crippen LogP contribution in [0.15, 0.2) is 30.9 Å². The number of rotatable bonds is 6. The number of halogens is 1. The van der Waals surface area contributed by atoms with Gasteiger partial charge in [0.2, 0.25) is 11.9 Å². The van der Waals surface area contributed by atoms with E-state index < -0.39 is 0 Å². The molecule has 2 aromatic rings. The minimum absolute atomic E-state index is 0.252. The molecule has 1 heterocycles. The lowest BCUT2D eigenvalue weighted by Crippen LogP contribution is -2.08. The van der Waals surface area contributed by atoms with Crippen LogP contribution in [0.1, 0.15) is 5.56 Å². The molecule has 0 aliphatic carbocycles. The van der Waals surface area contributed by atoms with Gasteiger partial charge in [0.25, 0.3) is 0 Å². The van der Waals surface area contributed by atoms with Crippen LogP contribution >= 0.6 is 22.6 Å². The number of methoxy groups -OCH3 is 1. The second-order valence-corrected chi connectivity index (χ2v) is 5.47. The van der Waals surface area contributed by atoms with Gasteiger partial charge >= 0.3 is 6.01 Å². The predicted molar refractivity (Wildman–Crippen MR) is 92.2 cm³/mol. The zero-order valence-corrected chi connectivity index (χ0v) is 14.0. The third-order valence-corrected chi connectivity index (χ3v) is 3.31. The van der Waals surface area contributed by atoms with Gasteiger partial charge < -0.3 is 15.4 Å². The van der Waals surface area contributed by atoms with Gasteiger partial charge in [0.15, 0.2) is 0 Å². The summed E-state index contributed by atoms with van der Waals surface area (Å²) < 4.78 is 6.27. The molecule has 0 radical (unpaired) electrons. The first kappa shape index (κ1) is 15.5. The number of hydrogen-bond acceptors (Lipinski definition) is 6. The van der Waals surface area contributed by atoms with Gasteiger partial charge in [-0.1, -0.05) is 6.08 Å². The molecule has 0 aliphatic rings. The van der Waals surface area contributed by atoms with E-state index in [1.54, 1.807) is 6.08 Å². The number of anilines is 3. The van der Waals surface area contributed by atoms with Gasteiger partial charge in [-0.15, -0.1) is 6.58 Å². The summed E-state index contributed by atoms with van der Waals surface area (Å²) in [6.45, 7) is 6.24. The van der Waals surface area contributed by atoms with Crippen LogP contribution in [-0.4, -0.2) is 28.6 Å². The topological polar surface area (TPSA) is 72.0 Å². The lowest BCUT2D eigenvalue weighted by molar-refractivity contribution is 0.379. The van der Waals surface area contributed by atoms with Crippen molar-refractivity contribution in [1.29, 1.82) is 0 Å². The third-order valence-electron chi connectivity index (χ3n) is 2.64. The van der Waals surface area contributed by atoms with Crippen LogP contribution in [0.5, 0.6) is 6.01 Å². The summed E-state index contributed by atoms with van der Waals surface area (Å²) in [5, 5.41) is 6.20. The Morgan fingerprint density at radius 3 is 2.71 bits per heavy atom. The number of aromatic nitrogens is 3.